The Kier molecular flexibility index (Phi) is 7.82. The maximum Gasteiger partial charge on any atom is 0.335 e. The number of aromatic carboxylic acids is 1. The number of nitrogens with one attached hydrogen (secondary N) is 1. The molecule has 1 saturated heterocycles. The van der Waals surface area contributed by atoms with Crippen molar-refractivity contribution >= 4 is 44.2 Å². The standard InChI is InChI=1S/C23H28N4O6S2/c28-20-15-26(35(32,33)18-8-6-17(7-9-18)22(30)31)11-12-27(20)19(14-25-23-24-10-13-34-23)21(29)16-4-2-1-3-5-16/h6-10,13,16,19H,1-5,11-12,14-15H2,(H,24,25)(H,30,31). The monoisotopic (exact) mass is 520 g/mol. The summed E-state index contributed by atoms with van der Waals surface area (Å²) in [5.74, 6) is -1.67. The van der Waals surface area contributed by atoms with Gasteiger partial charge < -0.3 is 15.3 Å². The van der Waals surface area contributed by atoms with E-state index < -0.39 is 27.9 Å². The van der Waals surface area contributed by atoms with Crippen LogP contribution in [0.15, 0.2) is 40.7 Å². The van der Waals surface area contributed by atoms with Crippen LogP contribution in [-0.2, 0) is 19.6 Å². The number of sulfonamides is 1. The molecule has 35 heavy (non-hydrogen) atoms. The van der Waals surface area contributed by atoms with Gasteiger partial charge in [-0.05, 0) is 37.1 Å². The molecule has 1 aliphatic heterocycles. The molecule has 12 heteroatoms. The largest absolute Gasteiger partial charge is 0.478 e. The van der Waals surface area contributed by atoms with Gasteiger partial charge in [0.2, 0.25) is 15.9 Å². The highest BCUT2D eigenvalue weighted by molar-refractivity contribution is 7.89. The van der Waals surface area contributed by atoms with Crippen molar-refractivity contribution in [3.8, 4) is 0 Å². The topological polar surface area (TPSA) is 137 Å². The highest BCUT2D eigenvalue weighted by Crippen LogP contribution is 2.28. The predicted octanol–water partition coefficient (Wildman–Crippen LogP) is 2.30. The maximum absolute atomic E-state index is 13.5. The van der Waals surface area contributed by atoms with E-state index in [4.69, 9.17) is 5.11 Å². The Hall–Kier alpha value is -2.83. The lowest BCUT2D eigenvalue weighted by Gasteiger charge is -2.39. The van der Waals surface area contributed by atoms with Gasteiger partial charge in [-0.3, -0.25) is 9.59 Å². The van der Waals surface area contributed by atoms with Gasteiger partial charge in [0, 0.05) is 37.1 Å². The molecule has 1 amide bonds. The Morgan fingerprint density at radius 2 is 1.86 bits per heavy atom. The number of carboxylic acids is 1. The van der Waals surface area contributed by atoms with E-state index in [0.29, 0.717) is 5.13 Å². The van der Waals surface area contributed by atoms with E-state index in [1.807, 2.05) is 5.38 Å². The van der Waals surface area contributed by atoms with Crippen molar-refractivity contribution in [3.63, 3.8) is 0 Å². The molecule has 2 fully saturated rings. The van der Waals surface area contributed by atoms with Crippen LogP contribution in [0.3, 0.4) is 0 Å². The van der Waals surface area contributed by atoms with Crippen LogP contribution in [0, 0.1) is 5.92 Å². The fourth-order valence-electron chi connectivity index (χ4n) is 4.64. The quantitative estimate of drug-likeness (QED) is 0.514. The van der Waals surface area contributed by atoms with Crippen LogP contribution < -0.4 is 5.32 Å². The van der Waals surface area contributed by atoms with Crippen molar-refractivity contribution in [2.75, 3.05) is 31.5 Å². The molecule has 1 atom stereocenters. The van der Waals surface area contributed by atoms with Gasteiger partial charge >= 0.3 is 5.97 Å². The zero-order valence-corrected chi connectivity index (χ0v) is 20.8. The Bertz CT molecular complexity index is 1160. The summed E-state index contributed by atoms with van der Waals surface area (Å²) < 4.78 is 27.2. The predicted molar refractivity (Wildman–Crippen MR) is 130 cm³/mol. The molecular weight excluding hydrogens is 492 g/mol. The second-order valence-electron chi connectivity index (χ2n) is 8.73. The number of benzene rings is 1. The van der Waals surface area contributed by atoms with Gasteiger partial charge in [-0.1, -0.05) is 19.3 Å². The number of hydrogen-bond acceptors (Lipinski definition) is 8. The summed E-state index contributed by atoms with van der Waals surface area (Å²) in [6.07, 6.45) is 6.35. The summed E-state index contributed by atoms with van der Waals surface area (Å²) in [7, 11) is -3.99. The molecule has 2 heterocycles. The Labute approximate surface area is 208 Å². The Morgan fingerprint density at radius 3 is 2.46 bits per heavy atom. The van der Waals surface area contributed by atoms with Crippen molar-refractivity contribution in [3.05, 3.63) is 41.4 Å². The van der Waals surface area contributed by atoms with Crippen LogP contribution in [0.5, 0.6) is 0 Å². The number of ketones is 1. The molecule has 2 N–H and O–H groups in total. The van der Waals surface area contributed by atoms with Gasteiger partial charge in [0.25, 0.3) is 0 Å². The fraction of sp³-hybridized carbons (Fsp3) is 0.478. The molecule has 1 saturated carbocycles. The minimum absolute atomic E-state index is 0.0164. The van der Waals surface area contributed by atoms with E-state index in [9.17, 15) is 22.8 Å². The van der Waals surface area contributed by atoms with Crippen LogP contribution in [0.4, 0.5) is 5.13 Å². The highest BCUT2D eigenvalue weighted by atomic mass is 32.2. The number of carbonyl (C=O) groups excluding carboxylic acids is 2. The lowest BCUT2D eigenvalue weighted by atomic mass is 9.83. The van der Waals surface area contributed by atoms with Gasteiger partial charge in [0.05, 0.1) is 17.0 Å². The molecule has 0 radical (unpaired) electrons. The summed E-state index contributed by atoms with van der Waals surface area (Å²) in [6.45, 7) is -0.0267. The van der Waals surface area contributed by atoms with Crippen LogP contribution in [-0.4, -0.2) is 77.6 Å². The average molecular weight is 521 g/mol. The Balaban J connectivity index is 1.49. The Morgan fingerprint density at radius 1 is 1.14 bits per heavy atom. The molecule has 1 unspecified atom stereocenters. The number of aromatic nitrogens is 1. The van der Waals surface area contributed by atoms with Gasteiger partial charge in [-0.15, -0.1) is 11.3 Å². The second-order valence-corrected chi connectivity index (χ2v) is 11.6. The van der Waals surface area contributed by atoms with E-state index in [1.165, 1.54) is 40.5 Å². The SMILES string of the molecule is O=C(O)c1ccc(S(=O)(=O)N2CCN(C(CNc3nccs3)C(=O)C3CCCCC3)C(=O)C2)cc1. The molecule has 2 aliphatic rings. The number of amides is 1. The minimum Gasteiger partial charge on any atom is -0.478 e. The van der Waals surface area contributed by atoms with E-state index in [2.05, 4.69) is 10.3 Å². The first kappa shape index (κ1) is 25.3. The molecule has 1 aromatic carbocycles. The first-order valence-corrected chi connectivity index (χ1v) is 13.9. The summed E-state index contributed by atoms with van der Waals surface area (Å²) in [5.41, 5.74) is -0.0263. The smallest absolute Gasteiger partial charge is 0.335 e. The van der Waals surface area contributed by atoms with Crippen molar-refractivity contribution in [1.82, 2.24) is 14.2 Å². The van der Waals surface area contributed by atoms with Gasteiger partial charge in [0.1, 0.15) is 6.04 Å². The normalized spacial score (nSPS) is 18.9. The minimum atomic E-state index is -3.99. The molecule has 1 aromatic heterocycles. The molecule has 188 valence electrons. The van der Waals surface area contributed by atoms with E-state index in [-0.39, 0.29) is 48.3 Å². The second kappa shape index (κ2) is 10.8. The highest BCUT2D eigenvalue weighted by Gasteiger charge is 2.40. The summed E-state index contributed by atoms with van der Waals surface area (Å²) >= 11 is 1.40. The number of carbonyl (C=O) groups is 3. The first-order chi connectivity index (χ1) is 16.8. The van der Waals surface area contributed by atoms with Crippen LogP contribution in [0.25, 0.3) is 0 Å². The molecule has 0 bridgehead atoms. The third kappa shape index (κ3) is 5.71. The molecular formula is C23H28N4O6S2. The lowest BCUT2D eigenvalue weighted by Crippen LogP contribution is -2.59. The number of Topliss-reactive ketones (excluding diaryl/α,β-unsaturated/α-hetero) is 1. The number of carboxylic acid groups (broad SMARTS) is 1. The molecule has 10 nitrogen and oxygen atoms in total. The molecule has 2 aromatic rings. The number of anilines is 1. The third-order valence-electron chi connectivity index (χ3n) is 6.55. The van der Waals surface area contributed by atoms with E-state index in [0.717, 1.165) is 36.4 Å². The van der Waals surface area contributed by atoms with Gasteiger partial charge in [-0.25, -0.2) is 18.2 Å². The zero-order valence-electron chi connectivity index (χ0n) is 19.1. The van der Waals surface area contributed by atoms with Crippen molar-refractivity contribution in [1.29, 1.82) is 0 Å². The average Bonchev–Trinajstić information content (AvgIpc) is 3.39. The van der Waals surface area contributed by atoms with E-state index in [1.54, 1.807) is 6.20 Å². The van der Waals surface area contributed by atoms with Crippen molar-refractivity contribution in [2.45, 2.75) is 43.0 Å². The van der Waals surface area contributed by atoms with Crippen LogP contribution in [0.1, 0.15) is 42.5 Å². The number of hydrogen-bond donors (Lipinski definition) is 2. The number of nitrogens with zero attached hydrogens (tertiary/aromatic N) is 3. The van der Waals surface area contributed by atoms with Crippen LogP contribution in [0.2, 0.25) is 0 Å². The van der Waals surface area contributed by atoms with Gasteiger partial charge in [-0.2, -0.15) is 4.31 Å². The van der Waals surface area contributed by atoms with Crippen LogP contribution >= 0.6 is 11.3 Å². The fourth-order valence-corrected chi connectivity index (χ4v) is 6.56. The lowest BCUT2D eigenvalue weighted by molar-refractivity contribution is -0.143. The number of thiazole rings is 1. The van der Waals surface area contributed by atoms with Gasteiger partial charge in [0.15, 0.2) is 10.9 Å². The third-order valence-corrected chi connectivity index (χ3v) is 9.14. The molecule has 4 rings (SSSR count). The number of rotatable bonds is 9. The maximum atomic E-state index is 13.5. The number of piperazine rings is 1. The van der Waals surface area contributed by atoms with E-state index >= 15 is 0 Å². The zero-order chi connectivity index (χ0) is 25.0. The summed E-state index contributed by atoms with van der Waals surface area (Å²) in [5, 5.41) is 14.7. The molecule has 1 aliphatic carbocycles. The summed E-state index contributed by atoms with van der Waals surface area (Å²) in [4.78, 5) is 43.3. The van der Waals surface area contributed by atoms with Crippen molar-refractivity contribution in [2.24, 2.45) is 5.92 Å². The van der Waals surface area contributed by atoms with Crippen molar-refractivity contribution < 1.29 is 27.9 Å². The first-order valence-electron chi connectivity index (χ1n) is 11.6. The molecule has 0 spiro atoms. The summed E-state index contributed by atoms with van der Waals surface area (Å²) in [6, 6.07) is 4.19.